The molecule has 0 radical (unpaired) electrons. The van der Waals surface area contributed by atoms with Gasteiger partial charge >= 0.3 is 0 Å². The Balaban J connectivity index is -0.0000000200. The first kappa shape index (κ1) is 15.7. The third-order valence-corrected chi connectivity index (χ3v) is 0. The standard InChI is InChI=1S/FH2OP.2U/c1-3-2;;/h2-3H;;. The van der Waals surface area contributed by atoms with Crippen LogP contribution in [0.4, 0.5) is 4.20 Å². The molecule has 1 nitrogen and oxygen atoms in total. The van der Waals surface area contributed by atoms with Crippen molar-refractivity contribution in [1.82, 2.24) is 0 Å². The molecule has 28 valence electrons. The van der Waals surface area contributed by atoms with Crippen molar-refractivity contribution in [2.45, 2.75) is 0 Å². The van der Waals surface area contributed by atoms with Gasteiger partial charge in [0.1, 0.15) is 0 Å². The van der Waals surface area contributed by atoms with E-state index in [4.69, 9.17) is 4.89 Å². The third-order valence-electron chi connectivity index (χ3n) is 0. The molecule has 1 N–H and O–H groups in total. The van der Waals surface area contributed by atoms with Crippen LogP contribution >= 0.6 is 9.12 Å². The summed E-state index contributed by atoms with van der Waals surface area (Å²) in [6, 6.07) is 0. The zero-order valence-corrected chi connectivity index (χ0v) is 11.7. The van der Waals surface area contributed by atoms with E-state index in [1.807, 2.05) is 0 Å². The molecule has 0 saturated carbocycles. The Labute approximate surface area is 79.2 Å². The first-order valence-electron chi connectivity index (χ1n) is 0.413. The smallest absolute Gasteiger partial charge is 0.203 e. The van der Waals surface area contributed by atoms with Gasteiger partial charge in [0.25, 0.3) is 0 Å². The fraction of sp³-hybridized carbons (Fsp3) is 0. The van der Waals surface area contributed by atoms with Gasteiger partial charge in [-0.1, -0.05) is 0 Å². The van der Waals surface area contributed by atoms with Crippen LogP contribution in [0.5, 0.6) is 0 Å². The SMILES string of the molecule is OPF.[U].[U]. The molecule has 0 aliphatic heterocycles. The molecule has 0 aliphatic carbocycles. The van der Waals surface area contributed by atoms with Crippen LogP contribution in [0, 0.1) is 62.2 Å². The van der Waals surface area contributed by atoms with Crippen molar-refractivity contribution in [1.29, 1.82) is 0 Å². The van der Waals surface area contributed by atoms with Gasteiger partial charge in [0.05, 0.1) is 0 Å². The van der Waals surface area contributed by atoms with E-state index >= 15 is 0 Å². The van der Waals surface area contributed by atoms with E-state index in [1.54, 1.807) is 0 Å². The second-order valence-electron chi connectivity index (χ2n) is 0.0845. The van der Waals surface area contributed by atoms with Gasteiger partial charge in [0.15, 0.2) is 0 Å². The maximum Gasteiger partial charge on any atom is 0.203 e. The van der Waals surface area contributed by atoms with Crippen LogP contribution in [0.25, 0.3) is 0 Å². The zero-order chi connectivity index (χ0) is 2.71. The summed E-state index contributed by atoms with van der Waals surface area (Å²) in [4.78, 5) is 6.93. The van der Waals surface area contributed by atoms with E-state index in [0.29, 0.717) is 0 Å². The quantitative estimate of drug-likeness (QED) is 0.440. The Kier molecular flexibility index (Phi) is 50.5. The van der Waals surface area contributed by atoms with Gasteiger partial charge in [-0.25, -0.2) is 0 Å². The summed E-state index contributed by atoms with van der Waals surface area (Å²) in [5.41, 5.74) is 0. The van der Waals surface area contributed by atoms with Gasteiger partial charge in [-0.2, -0.15) is 4.20 Å². The first-order chi connectivity index (χ1) is 1.41. The van der Waals surface area contributed by atoms with Gasteiger partial charge in [-0.05, 0) is 0 Å². The fourth-order valence-electron chi connectivity index (χ4n) is 0. The normalized spacial score (nSPS) is 6.00. The molecule has 0 aromatic heterocycles. The number of hydrogen-bond donors (Lipinski definition) is 1. The monoisotopic (exact) mass is 544 g/mol. The van der Waals surface area contributed by atoms with Gasteiger partial charge < -0.3 is 4.89 Å². The molecule has 0 spiro atoms. The number of hydrogen-bond acceptors (Lipinski definition) is 1. The molecule has 5 heavy (non-hydrogen) atoms. The summed E-state index contributed by atoms with van der Waals surface area (Å²) in [5, 5.41) is 0. The summed E-state index contributed by atoms with van der Waals surface area (Å²) >= 11 is 0. The van der Waals surface area contributed by atoms with Crippen LogP contribution in [-0.4, -0.2) is 4.89 Å². The molecule has 0 aliphatic rings. The predicted octanol–water partition coefficient (Wildman–Crippen LogP) is 0.457. The third kappa shape index (κ3) is 21.4. The summed E-state index contributed by atoms with van der Waals surface area (Å²) in [6.07, 6.45) is 0. The van der Waals surface area contributed by atoms with E-state index in [9.17, 15) is 4.20 Å². The topological polar surface area (TPSA) is 20.2 Å². The zero-order valence-electron chi connectivity index (χ0n) is 2.33. The molecule has 0 aromatic rings. The minimum atomic E-state index is -1.42. The number of rotatable bonds is 0. The molecule has 1 atom stereocenters. The Morgan fingerprint density at radius 2 is 1.40 bits per heavy atom. The maximum atomic E-state index is 9.88. The Morgan fingerprint density at radius 3 is 1.40 bits per heavy atom. The maximum absolute atomic E-state index is 9.88. The summed E-state index contributed by atoms with van der Waals surface area (Å²) in [6.45, 7) is 0. The Morgan fingerprint density at radius 1 is 1.40 bits per heavy atom. The van der Waals surface area contributed by atoms with Crippen molar-refractivity contribution in [2.24, 2.45) is 0 Å². The largest absolute Gasteiger partial charge is 0.348 e. The predicted molar refractivity (Wildman–Crippen MR) is 11.6 cm³/mol. The van der Waals surface area contributed by atoms with Crippen LogP contribution in [0.15, 0.2) is 0 Å². The van der Waals surface area contributed by atoms with E-state index in [2.05, 4.69) is 0 Å². The van der Waals surface area contributed by atoms with Crippen LogP contribution in [0.3, 0.4) is 0 Å². The summed E-state index contributed by atoms with van der Waals surface area (Å²) in [5.74, 6) is 0. The van der Waals surface area contributed by atoms with Crippen molar-refractivity contribution in [3.05, 3.63) is 0 Å². The summed E-state index contributed by atoms with van der Waals surface area (Å²) < 4.78 is 9.88. The van der Waals surface area contributed by atoms with E-state index in [0.717, 1.165) is 0 Å². The van der Waals surface area contributed by atoms with Crippen molar-refractivity contribution in [3.63, 3.8) is 0 Å². The van der Waals surface area contributed by atoms with E-state index in [-0.39, 0.29) is 62.2 Å². The molecule has 0 rings (SSSR count). The average Bonchev–Trinajstić information content (AvgIpc) is 0.918. The molecule has 0 heterocycles. The molecule has 5 heteroatoms. The minimum Gasteiger partial charge on any atom is -0.348 e. The molecule has 0 aromatic carbocycles. The van der Waals surface area contributed by atoms with E-state index in [1.165, 1.54) is 0 Å². The van der Waals surface area contributed by atoms with Gasteiger partial charge in [0.2, 0.25) is 9.12 Å². The van der Waals surface area contributed by atoms with Crippen LogP contribution < -0.4 is 0 Å². The molecule has 0 amide bonds. The van der Waals surface area contributed by atoms with Gasteiger partial charge in [-0.15, -0.1) is 0 Å². The van der Waals surface area contributed by atoms with Crippen LogP contribution in [-0.2, 0) is 0 Å². The minimum absolute atomic E-state index is 0. The van der Waals surface area contributed by atoms with Gasteiger partial charge in [-0.3, -0.25) is 0 Å². The second-order valence-corrected chi connectivity index (χ2v) is 0.254. The number of halogens is 1. The molecular formula is H2FOPU2. The molecule has 1 unspecified atom stereocenters. The van der Waals surface area contributed by atoms with Crippen molar-refractivity contribution in [2.75, 3.05) is 0 Å². The molecule has 0 fully saturated rings. The Hall–Kier alpha value is 2.42. The first-order valence-corrected chi connectivity index (χ1v) is 1.24. The molecule has 0 bridgehead atoms. The van der Waals surface area contributed by atoms with Crippen LogP contribution in [0.1, 0.15) is 0 Å². The second kappa shape index (κ2) is 16.1. The van der Waals surface area contributed by atoms with Crippen molar-refractivity contribution in [3.8, 4) is 0 Å². The van der Waals surface area contributed by atoms with Crippen molar-refractivity contribution >= 4 is 9.12 Å². The average molecular weight is 544 g/mol. The molecule has 0 saturated heterocycles. The van der Waals surface area contributed by atoms with E-state index < -0.39 is 9.12 Å². The Bertz CT molecular complexity index is 9.61. The van der Waals surface area contributed by atoms with Crippen LogP contribution in [0.2, 0.25) is 0 Å². The molecular weight excluding hydrogens is 542 g/mol. The fourth-order valence-corrected chi connectivity index (χ4v) is 0. The van der Waals surface area contributed by atoms with Crippen molar-refractivity contribution < 1.29 is 71.3 Å². The van der Waals surface area contributed by atoms with Gasteiger partial charge in [0, 0.05) is 62.2 Å². The summed E-state index contributed by atoms with van der Waals surface area (Å²) in [7, 11) is -1.42.